The van der Waals surface area contributed by atoms with E-state index >= 15 is 0 Å². The van der Waals surface area contributed by atoms with E-state index in [1.54, 1.807) is 0 Å². The van der Waals surface area contributed by atoms with Crippen LogP contribution in [0.1, 0.15) is 18.1 Å². The first kappa shape index (κ1) is 14.2. The predicted molar refractivity (Wildman–Crippen MR) is 80.7 cm³/mol. The van der Waals surface area contributed by atoms with Crippen LogP contribution in [0.2, 0.25) is 0 Å². The van der Waals surface area contributed by atoms with E-state index in [1.807, 2.05) is 49.4 Å². The van der Waals surface area contributed by atoms with Gasteiger partial charge in [0.15, 0.2) is 0 Å². The second kappa shape index (κ2) is 5.85. The minimum atomic E-state index is -0.397. The van der Waals surface area contributed by atoms with Crippen LogP contribution in [0.4, 0.5) is 4.39 Å². The first-order valence-electron chi connectivity index (χ1n) is 6.25. The van der Waals surface area contributed by atoms with E-state index in [9.17, 15) is 4.39 Å². The van der Waals surface area contributed by atoms with Crippen LogP contribution in [-0.4, -0.2) is 6.54 Å². The highest BCUT2D eigenvalue weighted by Gasteiger charge is 2.28. The summed E-state index contributed by atoms with van der Waals surface area (Å²) in [5.74, 6) is -0.210. The fraction of sp³-hybridized carbons (Fsp3) is 0.250. The molecule has 0 amide bonds. The molecule has 0 bridgehead atoms. The van der Waals surface area contributed by atoms with Crippen LogP contribution in [0.3, 0.4) is 0 Å². The van der Waals surface area contributed by atoms with Gasteiger partial charge >= 0.3 is 0 Å². The second-order valence-corrected chi connectivity index (χ2v) is 5.97. The van der Waals surface area contributed by atoms with Gasteiger partial charge in [0.25, 0.3) is 0 Å². The van der Waals surface area contributed by atoms with E-state index in [0.717, 1.165) is 16.5 Å². The van der Waals surface area contributed by atoms with Crippen molar-refractivity contribution in [2.75, 3.05) is 6.54 Å². The van der Waals surface area contributed by atoms with Gasteiger partial charge in [0.1, 0.15) is 5.82 Å². The quantitative estimate of drug-likeness (QED) is 0.903. The van der Waals surface area contributed by atoms with Crippen molar-refractivity contribution in [3.05, 3.63) is 69.9 Å². The van der Waals surface area contributed by atoms with Gasteiger partial charge in [0.05, 0.1) is 0 Å². The Morgan fingerprint density at radius 1 is 1.16 bits per heavy atom. The largest absolute Gasteiger partial charge is 0.330 e. The Morgan fingerprint density at radius 3 is 2.42 bits per heavy atom. The van der Waals surface area contributed by atoms with Crippen molar-refractivity contribution < 1.29 is 4.39 Å². The zero-order valence-electron chi connectivity index (χ0n) is 10.9. The van der Waals surface area contributed by atoms with E-state index in [1.165, 1.54) is 6.07 Å². The molecule has 0 aliphatic rings. The third-order valence-electron chi connectivity index (χ3n) is 3.47. The summed E-state index contributed by atoms with van der Waals surface area (Å²) < 4.78 is 14.9. The zero-order chi connectivity index (χ0) is 13.9. The smallest absolute Gasteiger partial charge is 0.128 e. The number of benzene rings is 2. The van der Waals surface area contributed by atoms with E-state index in [-0.39, 0.29) is 5.82 Å². The standard InChI is InChI=1S/C16H17BrFN/c1-16(11-19,10-12-5-3-2-4-6-12)14-8-7-13(17)9-15(14)18/h2-9H,10-11,19H2,1H3. The molecule has 3 heteroatoms. The van der Waals surface area contributed by atoms with Crippen LogP contribution in [0, 0.1) is 5.82 Å². The molecule has 0 fully saturated rings. The molecule has 0 heterocycles. The molecule has 2 aromatic rings. The lowest BCUT2D eigenvalue weighted by Crippen LogP contribution is -2.35. The summed E-state index contributed by atoms with van der Waals surface area (Å²) in [4.78, 5) is 0. The minimum absolute atomic E-state index is 0.210. The lowest BCUT2D eigenvalue weighted by molar-refractivity contribution is 0.450. The molecule has 1 atom stereocenters. The van der Waals surface area contributed by atoms with Crippen LogP contribution in [0.15, 0.2) is 53.0 Å². The number of hydrogen-bond donors (Lipinski definition) is 1. The average Bonchev–Trinajstić information content (AvgIpc) is 2.39. The Labute approximate surface area is 121 Å². The summed E-state index contributed by atoms with van der Waals surface area (Å²) >= 11 is 3.28. The van der Waals surface area contributed by atoms with Crippen molar-refractivity contribution in [2.24, 2.45) is 5.73 Å². The van der Waals surface area contributed by atoms with Crippen LogP contribution in [0.5, 0.6) is 0 Å². The fourth-order valence-electron chi connectivity index (χ4n) is 2.30. The molecule has 2 rings (SSSR count). The van der Waals surface area contributed by atoms with E-state index in [0.29, 0.717) is 12.1 Å². The molecule has 0 saturated carbocycles. The Kier molecular flexibility index (Phi) is 4.38. The molecule has 1 nitrogen and oxygen atoms in total. The first-order chi connectivity index (χ1) is 9.05. The third kappa shape index (κ3) is 3.23. The molecule has 0 spiro atoms. The van der Waals surface area contributed by atoms with Gasteiger partial charge in [-0.2, -0.15) is 0 Å². The van der Waals surface area contributed by atoms with Crippen molar-refractivity contribution in [2.45, 2.75) is 18.8 Å². The molecule has 2 aromatic carbocycles. The van der Waals surface area contributed by atoms with E-state index in [4.69, 9.17) is 5.73 Å². The summed E-state index contributed by atoms with van der Waals surface area (Å²) in [6.07, 6.45) is 0.725. The monoisotopic (exact) mass is 321 g/mol. The maximum Gasteiger partial charge on any atom is 0.128 e. The summed E-state index contributed by atoms with van der Waals surface area (Å²) in [7, 11) is 0. The Morgan fingerprint density at radius 2 is 1.84 bits per heavy atom. The second-order valence-electron chi connectivity index (χ2n) is 5.05. The number of nitrogens with two attached hydrogens (primary N) is 1. The average molecular weight is 322 g/mol. The number of rotatable bonds is 4. The Bertz CT molecular complexity index is 556. The van der Waals surface area contributed by atoms with Crippen LogP contribution < -0.4 is 5.73 Å². The van der Waals surface area contributed by atoms with Gasteiger partial charge in [0, 0.05) is 16.4 Å². The SMILES string of the molecule is CC(CN)(Cc1ccccc1)c1ccc(Br)cc1F. The van der Waals surface area contributed by atoms with Gasteiger partial charge in [0.2, 0.25) is 0 Å². The highest BCUT2D eigenvalue weighted by atomic mass is 79.9. The lowest BCUT2D eigenvalue weighted by atomic mass is 9.77. The molecule has 100 valence electrons. The minimum Gasteiger partial charge on any atom is -0.330 e. The van der Waals surface area contributed by atoms with Crippen LogP contribution in [-0.2, 0) is 11.8 Å². The van der Waals surface area contributed by atoms with Gasteiger partial charge in [-0.3, -0.25) is 0 Å². The molecule has 0 radical (unpaired) electrons. The number of hydrogen-bond acceptors (Lipinski definition) is 1. The zero-order valence-corrected chi connectivity index (χ0v) is 12.5. The number of halogens is 2. The van der Waals surface area contributed by atoms with Crippen molar-refractivity contribution in [1.82, 2.24) is 0 Å². The van der Waals surface area contributed by atoms with Crippen LogP contribution in [0.25, 0.3) is 0 Å². The third-order valence-corrected chi connectivity index (χ3v) is 3.96. The topological polar surface area (TPSA) is 26.0 Å². The van der Waals surface area contributed by atoms with E-state index < -0.39 is 5.41 Å². The first-order valence-corrected chi connectivity index (χ1v) is 7.04. The molecule has 1 unspecified atom stereocenters. The molecule has 19 heavy (non-hydrogen) atoms. The summed E-state index contributed by atoms with van der Waals surface area (Å²) in [5.41, 5.74) is 7.35. The van der Waals surface area contributed by atoms with Crippen LogP contribution >= 0.6 is 15.9 Å². The maximum absolute atomic E-state index is 14.1. The summed E-state index contributed by atoms with van der Waals surface area (Å²) in [5, 5.41) is 0. The molecule has 0 aromatic heterocycles. The maximum atomic E-state index is 14.1. The Hall–Kier alpha value is -1.19. The van der Waals surface area contributed by atoms with Crippen molar-refractivity contribution in [1.29, 1.82) is 0 Å². The molecular weight excluding hydrogens is 305 g/mol. The molecule has 2 N–H and O–H groups in total. The molecule has 0 saturated heterocycles. The Balaban J connectivity index is 2.36. The fourth-order valence-corrected chi connectivity index (χ4v) is 2.64. The van der Waals surface area contributed by atoms with Crippen molar-refractivity contribution >= 4 is 15.9 Å². The van der Waals surface area contributed by atoms with Gasteiger partial charge in [-0.1, -0.05) is 59.3 Å². The van der Waals surface area contributed by atoms with Gasteiger partial charge in [-0.05, 0) is 29.7 Å². The molecular formula is C16H17BrFN. The van der Waals surface area contributed by atoms with E-state index in [2.05, 4.69) is 15.9 Å². The van der Waals surface area contributed by atoms with Gasteiger partial charge in [-0.25, -0.2) is 4.39 Å². The normalized spacial score (nSPS) is 14.1. The highest BCUT2D eigenvalue weighted by molar-refractivity contribution is 9.10. The molecule has 0 aliphatic carbocycles. The van der Waals surface area contributed by atoms with Gasteiger partial charge in [-0.15, -0.1) is 0 Å². The summed E-state index contributed by atoms with van der Waals surface area (Å²) in [6.45, 7) is 2.41. The lowest BCUT2D eigenvalue weighted by Gasteiger charge is -2.29. The highest BCUT2D eigenvalue weighted by Crippen LogP contribution is 2.30. The van der Waals surface area contributed by atoms with Crippen molar-refractivity contribution in [3.8, 4) is 0 Å². The van der Waals surface area contributed by atoms with Crippen molar-refractivity contribution in [3.63, 3.8) is 0 Å². The predicted octanol–water partition coefficient (Wildman–Crippen LogP) is 4.05. The summed E-state index contributed by atoms with van der Waals surface area (Å²) in [6, 6.07) is 15.2. The molecule has 0 aliphatic heterocycles. The van der Waals surface area contributed by atoms with Gasteiger partial charge < -0.3 is 5.73 Å².